The number of ketones is 1. The molecule has 1 aliphatic carbocycles. The van der Waals surface area contributed by atoms with Crippen molar-refractivity contribution >= 4 is 11.8 Å². The molecule has 2 heterocycles. The van der Waals surface area contributed by atoms with Gasteiger partial charge in [0.25, 0.3) is 0 Å². The van der Waals surface area contributed by atoms with Crippen LogP contribution < -0.4 is 5.73 Å². The second-order valence-corrected chi connectivity index (χ2v) is 7.10. The third kappa shape index (κ3) is 3.53. The Morgan fingerprint density at radius 3 is 2.62 bits per heavy atom. The summed E-state index contributed by atoms with van der Waals surface area (Å²) in [6, 6.07) is 13.5. The molecule has 0 amide bonds. The summed E-state index contributed by atoms with van der Waals surface area (Å²) in [4.78, 5) is 30.1. The number of rotatable bonds is 4. The monoisotopic (exact) mass is 390 g/mol. The molecule has 0 saturated carbocycles. The molecule has 0 radical (unpaired) electrons. The van der Waals surface area contributed by atoms with Crippen LogP contribution in [0.4, 0.5) is 0 Å². The molecule has 6 nitrogen and oxygen atoms in total. The van der Waals surface area contributed by atoms with Crippen molar-refractivity contribution in [3.63, 3.8) is 0 Å². The predicted octanol–water partition coefficient (Wildman–Crippen LogP) is 3.33. The Balaban J connectivity index is 1.79. The number of ether oxygens (including phenoxy) is 2. The van der Waals surface area contributed by atoms with Crippen LogP contribution in [-0.4, -0.2) is 23.3 Å². The van der Waals surface area contributed by atoms with E-state index in [4.69, 9.17) is 15.2 Å². The zero-order valence-electron chi connectivity index (χ0n) is 16.1. The first-order valence-corrected chi connectivity index (χ1v) is 9.65. The first kappa shape index (κ1) is 18.9. The standard InChI is InChI=1S/C23H22N2O4/c1-2-28-23(27)21-19(15-9-6-10-25-13-15)20-17(26)11-16(12-18(20)29-22(21)24)14-7-4-3-5-8-14/h3-10,13,16,19H,2,11-12,24H2,1H3. The molecule has 0 fully saturated rings. The van der Waals surface area contributed by atoms with E-state index in [-0.39, 0.29) is 29.8 Å². The molecule has 29 heavy (non-hydrogen) atoms. The van der Waals surface area contributed by atoms with Gasteiger partial charge in [-0.2, -0.15) is 0 Å². The number of Topliss-reactive ketones (excluding diaryl/α,β-unsaturated/α-hetero) is 1. The summed E-state index contributed by atoms with van der Waals surface area (Å²) in [5.74, 6) is -0.761. The number of carbonyl (C=O) groups excluding carboxylic acids is 2. The van der Waals surface area contributed by atoms with E-state index in [0.29, 0.717) is 29.7 Å². The predicted molar refractivity (Wildman–Crippen MR) is 106 cm³/mol. The highest BCUT2D eigenvalue weighted by Gasteiger charge is 2.43. The molecule has 1 aromatic heterocycles. The van der Waals surface area contributed by atoms with E-state index in [1.807, 2.05) is 36.4 Å². The minimum absolute atomic E-state index is 0.00828. The van der Waals surface area contributed by atoms with Gasteiger partial charge in [0.05, 0.1) is 12.5 Å². The number of aromatic nitrogens is 1. The maximum absolute atomic E-state index is 13.3. The maximum atomic E-state index is 13.3. The second kappa shape index (κ2) is 7.91. The Morgan fingerprint density at radius 1 is 1.17 bits per heavy atom. The van der Waals surface area contributed by atoms with Crippen molar-refractivity contribution in [2.75, 3.05) is 6.61 Å². The van der Waals surface area contributed by atoms with Gasteiger partial charge in [-0.05, 0) is 30.0 Å². The summed E-state index contributed by atoms with van der Waals surface area (Å²) in [7, 11) is 0. The van der Waals surface area contributed by atoms with Crippen LogP contribution in [0.25, 0.3) is 0 Å². The van der Waals surface area contributed by atoms with Crippen LogP contribution in [0.2, 0.25) is 0 Å². The molecule has 2 unspecified atom stereocenters. The van der Waals surface area contributed by atoms with Crippen molar-refractivity contribution in [3.05, 3.63) is 88.8 Å². The van der Waals surface area contributed by atoms with E-state index in [9.17, 15) is 9.59 Å². The average molecular weight is 390 g/mol. The Labute approximate surface area is 169 Å². The fourth-order valence-electron chi connectivity index (χ4n) is 4.06. The van der Waals surface area contributed by atoms with Gasteiger partial charge in [-0.25, -0.2) is 4.79 Å². The SMILES string of the molecule is CCOC(=O)C1=C(N)OC2=C(C(=O)CC(c3ccccc3)C2)C1c1cccnc1. The highest BCUT2D eigenvalue weighted by molar-refractivity contribution is 6.03. The zero-order valence-corrected chi connectivity index (χ0v) is 16.1. The number of pyridine rings is 1. The minimum atomic E-state index is -0.643. The summed E-state index contributed by atoms with van der Waals surface area (Å²) in [5.41, 5.74) is 8.58. The third-order valence-electron chi connectivity index (χ3n) is 5.32. The van der Waals surface area contributed by atoms with Crippen molar-refractivity contribution in [2.45, 2.75) is 31.6 Å². The number of carbonyl (C=O) groups is 2. The molecule has 1 aliphatic heterocycles. The molecule has 2 aromatic rings. The van der Waals surface area contributed by atoms with Gasteiger partial charge in [0.15, 0.2) is 5.78 Å². The molecule has 148 valence electrons. The molecular formula is C23H22N2O4. The molecule has 1 aromatic carbocycles. The van der Waals surface area contributed by atoms with Gasteiger partial charge in [0.1, 0.15) is 11.3 Å². The molecule has 2 atom stereocenters. The van der Waals surface area contributed by atoms with E-state index in [0.717, 1.165) is 5.56 Å². The van der Waals surface area contributed by atoms with Crippen LogP contribution >= 0.6 is 0 Å². The lowest BCUT2D eigenvalue weighted by atomic mass is 9.73. The average Bonchev–Trinajstić information content (AvgIpc) is 2.74. The second-order valence-electron chi connectivity index (χ2n) is 7.10. The van der Waals surface area contributed by atoms with Crippen LogP contribution in [0.3, 0.4) is 0 Å². The lowest BCUT2D eigenvalue weighted by Crippen LogP contribution is -2.33. The maximum Gasteiger partial charge on any atom is 0.340 e. The van der Waals surface area contributed by atoms with Crippen LogP contribution in [-0.2, 0) is 19.1 Å². The van der Waals surface area contributed by atoms with Crippen LogP contribution in [0.1, 0.15) is 42.7 Å². The molecule has 2 N–H and O–H groups in total. The van der Waals surface area contributed by atoms with Gasteiger partial charge in [-0.15, -0.1) is 0 Å². The van der Waals surface area contributed by atoms with Gasteiger partial charge in [0.2, 0.25) is 5.88 Å². The third-order valence-corrected chi connectivity index (χ3v) is 5.32. The molecular weight excluding hydrogens is 368 g/mol. The highest BCUT2D eigenvalue weighted by Crippen LogP contribution is 2.46. The number of nitrogens with zero attached hydrogens (tertiary/aromatic N) is 1. The molecule has 0 bridgehead atoms. The summed E-state index contributed by atoms with van der Waals surface area (Å²) >= 11 is 0. The van der Waals surface area contributed by atoms with E-state index in [2.05, 4.69) is 4.98 Å². The number of nitrogens with two attached hydrogens (primary N) is 1. The van der Waals surface area contributed by atoms with Gasteiger partial charge >= 0.3 is 5.97 Å². The minimum Gasteiger partial charge on any atom is -0.462 e. The zero-order chi connectivity index (χ0) is 20.4. The number of esters is 1. The van der Waals surface area contributed by atoms with Crippen LogP contribution in [0.5, 0.6) is 0 Å². The van der Waals surface area contributed by atoms with E-state index >= 15 is 0 Å². The number of benzene rings is 1. The molecule has 4 rings (SSSR count). The normalized spacial score (nSPS) is 21.5. The van der Waals surface area contributed by atoms with E-state index in [1.54, 1.807) is 25.4 Å². The molecule has 6 heteroatoms. The summed E-state index contributed by atoms with van der Waals surface area (Å²) < 4.78 is 11.0. The summed E-state index contributed by atoms with van der Waals surface area (Å²) in [5, 5.41) is 0. The smallest absolute Gasteiger partial charge is 0.340 e. The van der Waals surface area contributed by atoms with Gasteiger partial charge in [0, 0.05) is 30.8 Å². The summed E-state index contributed by atoms with van der Waals surface area (Å²) in [6.45, 7) is 1.92. The van der Waals surface area contributed by atoms with Gasteiger partial charge in [-0.3, -0.25) is 9.78 Å². The Kier molecular flexibility index (Phi) is 5.16. The van der Waals surface area contributed by atoms with Crippen molar-refractivity contribution in [1.82, 2.24) is 4.98 Å². The Morgan fingerprint density at radius 2 is 1.93 bits per heavy atom. The fourth-order valence-corrected chi connectivity index (χ4v) is 4.06. The van der Waals surface area contributed by atoms with Gasteiger partial charge < -0.3 is 15.2 Å². The van der Waals surface area contributed by atoms with E-state index in [1.165, 1.54) is 0 Å². The molecule has 2 aliphatic rings. The first-order chi connectivity index (χ1) is 14.1. The largest absolute Gasteiger partial charge is 0.462 e. The van der Waals surface area contributed by atoms with Crippen molar-refractivity contribution < 1.29 is 19.1 Å². The fraction of sp³-hybridized carbons (Fsp3) is 0.261. The number of hydrogen-bond acceptors (Lipinski definition) is 6. The summed E-state index contributed by atoms with van der Waals surface area (Å²) in [6.07, 6.45) is 4.17. The van der Waals surface area contributed by atoms with Crippen LogP contribution in [0.15, 0.2) is 77.6 Å². The van der Waals surface area contributed by atoms with Crippen molar-refractivity contribution in [3.8, 4) is 0 Å². The van der Waals surface area contributed by atoms with Gasteiger partial charge in [-0.1, -0.05) is 36.4 Å². The number of hydrogen-bond donors (Lipinski definition) is 1. The molecule has 0 saturated heterocycles. The van der Waals surface area contributed by atoms with E-state index < -0.39 is 11.9 Å². The van der Waals surface area contributed by atoms with Crippen molar-refractivity contribution in [2.24, 2.45) is 5.73 Å². The van der Waals surface area contributed by atoms with Crippen LogP contribution in [0, 0.1) is 0 Å². The highest BCUT2D eigenvalue weighted by atomic mass is 16.5. The lowest BCUT2D eigenvalue weighted by Gasteiger charge is -2.35. The quantitative estimate of drug-likeness (QED) is 0.805. The lowest BCUT2D eigenvalue weighted by molar-refractivity contribution is -0.139. The molecule has 0 spiro atoms. The van der Waals surface area contributed by atoms with Crippen molar-refractivity contribution in [1.29, 1.82) is 0 Å². The number of allylic oxidation sites excluding steroid dienone is 2. The first-order valence-electron chi connectivity index (χ1n) is 9.65. The Bertz CT molecular complexity index is 996. The topological polar surface area (TPSA) is 91.5 Å². The Hall–Kier alpha value is -3.41.